The monoisotopic (exact) mass is 465 g/mol. The minimum Gasteiger partial charge on any atom is -0.489 e. The number of carbonyl (C=O) groups is 1. The summed E-state index contributed by atoms with van der Waals surface area (Å²) in [5.74, 6) is 0.728. The third kappa shape index (κ3) is 4.97. The largest absolute Gasteiger partial charge is 0.489 e. The lowest BCUT2D eigenvalue weighted by atomic mass is 10.2. The molecule has 0 bridgehead atoms. The van der Waals surface area contributed by atoms with Gasteiger partial charge in [0, 0.05) is 9.79 Å². The first kappa shape index (κ1) is 21.8. The van der Waals surface area contributed by atoms with Gasteiger partial charge in [0.1, 0.15) is 18.9 Å². The van der Waals surface area contributed by atoms with Crippen molar-refractivity contribution in [1.82, 2.24) is 5.43 Å². The quantitative estimate of drug-likeness (QED) is 0.268. The first-order valence-electron chi connectivity index (χ1n) is 11.0. The molecule has 0 atom stereocenters. The Morgan fingerprint density at radius 2 is 1.44 bits per heavy atom. The maximum Gasteiger partial charge on any atom is 0.252 e. The van der Waals surface area contributed by atoms with Crippen LogP contribution in [0.1, 0.15) is 11.1 Å². The van der Waals surface area contributed by atoms with Gasteiger partial charge < -0.3 is 10.2 Å². The summed E-state index contributed by atoms with van der Waals surface area (Å²) in [6.07, 6.45) is 1.70. The highest BCUT2D eigenvalue weighted by molar-refractivity contribution is 7.99. The van der Waals surface area contributed by atoms with Crippen LogP contribution in [0.25, 0.3) is 0 Å². The number of nitrogens with one attached hydrogen (secondary N) is 1. The smallest absolute Gasteiger partial charge is 0.252 e. The van der Waals surface area contributed by atoms with E-state index in [9.17, 15) is 4.79 Å². The number of anilines is 2. The van der Waals surface area contributed by atoms with Crippen molar-refractivity contribution in [2.45, 2.75) is 16.4 Å². The van der Waals surface area contributed by atoms with E-state index in [1.54, 1.807) is 22.9 Å². The Morgan fingerprint density at radius 3 is 2.12 bits per heavy atom. The van der Waals surface area contributed by atoms with Crippen molar-refractivity contribution in [1.29, 1.82) is 0 Å². The number of benzene rings is 4. The van der Waals surface area contributed by atoms with Crippen LogP contribution in [-0.4, -0.2) is 18.7 Å². The van der Waals surface area contributed by atoms with Gasteiger partial charge in [0.25, 0.3) is 5.91 Å². The molecule has 4 aromatic rings. The summed E-state index contributed by atoms with van der Waals surface area (Å²) in [6.45, 7) is 0.612. The van der Waals surface area contributed by atoms with Crippen molar-refractivity contribution in [2.24, 2.45) is 5.10 Å². The van der Waals surface area contributed by atoms with Crippen molar-refractivity contribution >= 4 is 35.3 Å². The minimum atomic E-state index is -0.0676. The lowest BCUT2D eigenvalue weighted by Gasteiger charge is -2.30. The molecule has 0 saturated carbocycles. The molecule has 0 radical (unpaired) electrons. The number of carbonyl (C=O) groups excluding carboxylic acids is 1. The first-order chi connectivity index (χ1) is 16.8. The molecular formula is C28H23N3O2S. The van der Waals surface area contributed by atoms with Gasteiger partial charge >= 0.3 is 0 Å². The van der Waals surface area contributed by atoms with E-state index < -0.39 is 0 Å². The predicted molar refractivity (Wildman–Crippen MR) is 137 cm³/mol. The average molecular weight is 466 g/mol. The molecule has 0 aliphatic carbocycles. The molecule has 168 valence electrons. The molecule has 1 aliphatic heterocycles. The lowest BCUT2D eigenvalue weighted by Crippen LogP contribution is -2.35. The summed E-state index contributed by atoms with van der Waals surface area (Å²) in [7, 11) is 0. The number of nitrogens with zero attached hydrogens (tertiary/aromatic N) is 2. The van der Waals surface area contributed by atoms with E-state index in [0.29, 0.717) is 6.61 Å². The fraction of sp³-hybridized carbons (Fsp3) is 0.0714. The number of hydrogen-bond donors (Lipinski definition) is 1. The van der Waals surface area contributed by atoms with E-state index in [-0.39, 0.29) is 12.5 Å². The molecule has 4 aromatic carbocycles. The van der Waals surface area contributed by atoms with E-state index in [1.807, 2.05) is 103 Å². The Labute approximate surface area is 203 Å². The molecule has 0 aromatic heterocycles. The first-order valence-corrected chi connectivity index (χ1v) is 11.8. The zero-order valence-corrected chi connectivity index (χ0v) is 19.2. The van der Waals surface area contributed by atoms with Crippen LogP contribution in [0.3, 0.4) is 0 Å². The number of amides is 1. The SMILES string of the molecule is O=C(CN/N=C/c1ccc(OCc2ccccc2)cc1)N1c2ccccc2Sc2ccccc21. The average Bonchev–Trinajstić information content (AvgIpc) is 2.89. The number of hydrazone groups is 1. The van der Waals surface area contributed by atoms with Crippen molar-refractivity contribution in [3.63, 3.8) is 0 Å². The van der Waals surface area contributed by atoms with Crippen LogP contribution >= 0.6 is 11.8 Å². The number of ether oxygens (including phenoxy) is 1. The fourth-order valence-corrected chi connectivity index (χ4v) is 4.73. The van der Waals surface area contributed by atoms with Crippen molar-refractivity contribution < 1.29 is 9.53 Å². The van der Waals surface area contributed by atoms with Gasteiger partial charge in [0.2, 0.25) is 0 Å². The zero-order chi connectivity index (χ0) is 23.2. The van der Waals surface area contributed by atoms with Crippen LogP contribution < -0.4 is 15.1 Å². The van der Waals surface area contributed by atoms with E-state index in [0.717, 1.165) is 38.0 Å². The molecule has 1 amide bonds. The van der Waals surface area contributed by atoms with Gasteiger partial charge in [-0.25, -0.2) is 0 Å². The predicted octanol–water partition coefficient (Wildman–Crippen LogP) is 6.02. The van der Waals surface area contributed by atoms with Crippen molar-refractivity contribution in [3.05, 3.63) is 114 Å². The van der Waals surface area contributed by atoms with Gasteiger partial charge in [-0.05, 0) is 59.7 Å². The van der Waals surface area contributed by atoms with E-state index in [4.69, 9.17) is 4.74 Å². The minimum absolute atomic E-state index is 0.0676. The Kier molecular flexibility index (Phi) is 6.59. The van der Waals surface area contributed by atoms with Crippen LogP contribution in [0.4, 0.5) is 11.4 Å². The molecule has 5 rings (SSSR count). The molecule has 0 unspecified atom stereocenters. The van der Waals surface area contributed by atoms with Crippen LogP contribution in [-0.2, 0) is 11.4 Å². The van der Waals surface area contributed by atoms with Gasteiger partial charge in [0.05, 0.1) is 17.6 Å². The number of fused-ring (bicyclic) bond motifs is 2. The van der Waals surface area contributed by atoms with Gasteiger partial charge in [-0.1, -0.05) is 66.4 Å². The zero-order valence-electron chi connectivity index (χ0n) is 18.4. The number of rotatable bonds is 7. The standard InChI is InChI=1S/C28H23N3O2S/c32-28(31-24-10-4-6-12-26(24)34-27-13-7-5-11-25(27)31)19-30-29-18-21-14-16-23(17-15-21)33-20-22-8-2-1-3-9-22/h1-18,30H,19-20H2/b29-18+. The topological polar surface area (TPSA) is 53.9 Å². The van der Waals surface area contributed by atoms with Crippen LogP contribution in [0.5, 0.6) is 5.75 Å². The maximum absolute atomic E-state index is 13.1. The number of para-hydroxylation sites is 2. The molecule has 1 aliphatic rings. The van der Waals surface area contributed by atoms with Crippen LogP contribution in [0.15, 0.2) is 118 Å². The van der Waals surface area contributed by atoms with Crippen molar-refractivity contribution in [3.8, 4) is 5.75 Å². The molecule has 1 N–H and O–H groups in total. The van der Waals surface area contributed by atoms with Gasteiger partial charge in [0.15, 0.2) is 0 Å². The molecule has 0 saturated heterocycles. The second-order valence-electron chi connectivity index (χ2n) is 7.70. The summed E-state index contributed by atoms with van der Waals surface area (Å²) in [4.78, 5) is 17.0. The summed E-state index contributed by atoms with van der Waals surface area (Å²) < 4.78 is 5.82. The Bertz CT molecular complexity index is 1260. The molecule has 5 nitrogen and oxygen atoms in total. The fourth-order valence-electron chi connectivity index (χ4n) is 3.68. The van der Waals surface area contributed by atoms with E-state index in [2.05, 4.69) is 10.5 Å². The summed E-state index contributed by atoms with van der Waals surface area (Å²) in [5.41, 5.74) is 6.73. The molecular weight excluding hydrogens is 442 g/mol. The third-order valence-electron chi connectivity index (χ3n) is 5.35. The van der Waals surface area contributed by atoms with Gasteiger partial charge in [-0.15, -0.1) is 0 Å². The molecule has 1 heterocycles. The lowest BCUT2D eigenvalue weighted by molar-refractivity contribution is -0.117. The van der Waals surface area contributed by atoms with E-state index >= 15 is 0 Å². The number of hydrogen-bond acceptors (Lipinski definition) is 5. The molecule has 0 fully saturated rings. The molecule has 0 spiro atoms. The second kappa shape index (κ2) is 10.3. The highest BCUT2D eigenvalue weighted by Gasteiger charge is 2.27. The maximum atomic E-state index is 13.1. The summed E-state index contributed by atoms with van der Waals surface area (Å²) in [6, 6.07) is 33.6. The highest BCUT2D eigenvalue weighted by atomic mass is 32.2. The summed E-state index contributed by atoms with van der Waals surface area (Å²) >= 11 is 1.68. The van der Waals surface area contributed by atoms with Crippen LogP contribution in [0.2, 0.25) is 0 Å². The Hall–Kier alpha value is -4.03. The highest BCUT2D eigenvalue weighted by Crippen LogP contribution is 2.47. The third-order valence-corrected chi connectivity index (χ3v) is 6.48. The van der Waals surface area contributed by atoms with Gasteiger partial charge in [-0.3, -0.25) is 9.69 Å². The Balaban J connectivity index is 1.19. The second-order valence-corrected chi connectivity index (χ2v) is 8.79. The van der Waals surface area contributed by atoms with Crippen LogP contribution in [0, 0.1) is 0 Å². The van der Waals surface area contributed by atoms with Gasteiger partial charge in [-0.2, -0.15) is 5.10 Å². The molecule has 34 heavy (non-hydrogen) atoms. The van der Waals surface area contributed by atoms with E-state index in [1.165, 1.54) is 0 Å². The van der Waals surface area contributed by atoms with Crippen molar-refractivity contribution in [2.75, 3.05) is 11.4 Å². The summed E-state index contributed by atoms with van der Waals surface area (Å²) in [5, 5.41) is 4.24. The Morgan fingerprint density at radius 1 is 0.824 bits per heavy atom. The molecule has 6 heteroatoms. The normalized spacial score (nSPS) is 12.2.